The van der Waals surface area contributed by atoms with Gasteiger partial charge in [0.15, 0.2) is 20.7 Å². The first-order valence-electron chi connectivity index (χ1n) is 7.81. The second kappa shape index (κ2) is 6.16. The van der Waals surface area contributed by atoms with Crippen molar-refractivity contribution in [3.05, 3.63) is 45.1 Å². The topological polar surface area (TPSA) is 85.6 Å². The fraction of sp³-hybridized carbons (Fsp3) is 0.250. The molecule has 0 aliphatic rings. The maximum atomic E-state index is 12.3. The summed E-state index contributed by atoms with van der Waals surface area (Å²) < 4.78 is 5.19. The Balaban J connectivity index is 1.89. The van der Waals surface area contributed by atoms with Crippen molar-refractivity contribution in [2.75, 3.05) is 0 Å². The van der Waals surface area contributed by atoms with Gasteiger partial charge in [-0.05, 0) is 30.3 Å². The molecule has 0 aliphatic heterocycles. The molecule has 3 heterocycles. The number of rotatable bonds is 4. The van der Waals surface area contributed by atoms with Gasteiger partial charge in [-0.2, -0.15) is 0 Å². The summed E-state index contributed by atoms with van der Waals surface area (Å²) in [6, 6.07) is 7.94. The first-order chi connectivity index (χ1) is 12.1. The summed E-state index contributed by atoms with van der Waals surface area (Å²) in [7, 11) is 1.61. The number of fused-ring (bicyclic) bond motifs is 2. The van der Waals surface area contributed by atoms with Gasteiger partial charge in [0.2, 0.25) is 0 Å². The van der Waals surface area contributed by atoms with Crippen molar-refractivity contribution in [2.45, 2.75) is 29.4 Å². The number of para-hydroxylation sites is 1. The predicted molar refractivity (Wildman–Crippen MR) is 99.6 cm³/mol. The summed E-state index contributed by atoms with van der Waals surface area (Å²) in [5, 5.41) is 0.669. The summed E-state index contributed by atoms with van der Waals surface area (Å²) in [6.07, 6.45) is 0.848. The van der Waals surface area contributed by atoms with Crippen LogP contribution in [0, 0.1) is 0 Å². The highest BCUT2D eigenvalue weighted by Crippen LogP contribution is 2.34. The summed E-state index contributed by atoms with van der Waals surface area (Å²) >= 11 is 3.00. The van der Waals surface area contributed by atoms with Crippen LogP contribution in [0.25, 0.3) is 21.4 Å². The SMILES string of the molecule is CCCn1c(Sc2nc3ccccc3s2)nc2c1c(=O)[nH]c(=O)n2C. The van der Waals surface area contributed by atoms with E-state index in [1.165, 1.54) is 16.3 Å². The molecule has 3 aromatic heterocycles. The Hall–Kier alpha value is -2.39. The molecule has 0 aliphatic carbocycles. The summed E-state index contributed by atoms with van der Waals surface area (Å²) in [6.45, 7) is 2.68. The molecule has 0 saturated carbocycles. The van der Waals surface area contributed by atoms with Gasteiger partial charge in [-0.25, -0.2) is 14.8 Å². The number of benzene rings is 1. The average molecular weight is 373 g/mol. The van der Waals surface area contributed by atoms with Gasteiger partial charge in [0.25, 0.3) is 5.56 Å². The van der Waals surface area contributed by atoms with Crippen LogP contribution in [0.4, 0.5) is 0 Å². The maximum absolute atomic E-state index is 12.3. The second-order valence-corrected chi connectivity index (χ2v) is 7.83. The molecule has 0 spiro atoms. The van der Waals surface area contributed by atoms with Crippen LogP contribution in [0.1, 0.15) is 13.3 Å². The Kier molecular flexibility index (Phi) is 3.97. The minimum absolute atomic E-state index is 0.394. The highest BCUT2D eigenvalue weighted by molar-refractivity contribution is 8.01. The standard InChI is InChI=1S/C16H15N5O2S2/c1-3-8-21-11-12(20(2)14(23)19-13(11)22)18-15(21)25-16-17-9-6-4-5-7-10(9)24-16/h4-7H,3,8H2,1-2H3,(H,19,22,23). The van der Waals surface area contributed by atoms with Crippen LogP contribution >= 0.6 is 23.1 Å². The third-order valence-corrected chi connectivity index (χ3v) is 5.96. The van der Waals surface area contributed by atoms with E-state index in [9.17, 15) is 9.59 Å². The van der Waals surface area contributed by atoms with Gasteiger partial charge in [-0.15, -0.1) is 11.3 Å². The number of aryl methyl sites for hydroxylation is 2. The van der Waals surface area contributed by atoms with Crippen molar-refractivity contribution < 1.29 is 0 Å². The molecule has 1 N–H and O–H groups in total. The molecule has 0 fully saturated rings. The van der Waals surface area contributed by atoms with Gasteiger partial charge < -0.3 is 4.57 Å². The lowest BCUT2D eigenvalue weighted by molar-refractivity contribution is 0.636. The van der Waals surface area contributed by atoms with E-state index in [0.29, 0.717) is 22.9 Å². The molecule has 0 saturated heterocycles. The molecule has 1 aromatic carbocycles. The number of H-pyrrole nitrogens is 1. The number of nitrogens with zero attached hydrogens (tertiary/aromatic N) is 4. The number of thiazole rings is 1. The van der Waals surface area contributed by atoms with Gasteiger partial charge in [0, 0.05) is 13.6 Å². The van der Waals surface area contributed by atoms with Crippen LogP contribution in [-0.4, -0.2) is 24.1 Å². The largest absolute Gasteiger partial charge is 0.329 e. The van der Waals surface area contributed by atoms with E-state index < -0.39 is 11.2 Å². The van der Waals surface area contributed by atoms with Crippen LogP contribution < -0.4 is 11.2 Å². The van der Waals surface area contributed by atoms with Crippen molar-refractivity contribution in [1.82, 2.24) is 24.1 Å². The molecule has 0 unspecified atom stereocenters. The zero-order valence-corrected chi connectivity index (χ0v) is 15.3. The maximum Gasteiger partial charge on any atom is 0.329 e. The van der Waals surface area contributed by atoms with Gasteiger partial charge in [0.1, 0.15) is 0 Å². The number of hydrogen-bond donors (Lipinski definition) is 1. The Labute approximate surface area is 150 Å². The van der Waals surface area contributed by atoms with E-state index in [1.54, 1.807) is 18.4 Å². The van der Waals surface area contributed by atoms with Crippen LogP contribution in [0.15, 0.2) is 43.4 Å². The molecule has 128 valence electrons. The lowest BCUT2D eigenvalue weighted by atomic mass is 10.3. The Morgan fingerprint density at radius 3 is 2.80 bits per heavy atom. The molecule has 4 aromatic rings. The van der Waals surface area contributed by atoms with E-state index in [0.717, 1.165) is 21.0 Å². The fourth-order valence-electron chi connectivity index (χ4n) is 2.70. The highest BCUT2D eigenvalue weighted by atomic mass is 32.2. The molecule has 9 heteroatoms. The Morgan fingerprint density at radius 2 is 2.04 bits per heavy atom. The molecule has 0 atom stereocenters. The third-order valence-electron chi connectivity index (χ3n) is 3.87. The molecule has 25 heavy (non-hydrogen) atoms. The van der Waals surface area contributed by atoms with Gasteiger partial charge in [0.05, 0.1) is 10.2 Å². The number of nitrogens with one attached hydrogen (secondary N) is 1. The van der Waals surface area contributed by atoms with Crippen LogP contribution in [0.3, 0.4) is 0 Å². The molecule has 4 rings (SSSR count). The zero-order chi connectivity index (χ0) is 17.6. The number of hydrogen-bond acceptors (Lipinski definition) is 6. The number of aromatic nitrogens is 5. The molecule has 0 bridgehead atoms. The van der Waals surface area contributed by atoms with Crippen LogP contribution in [-0.2, 0) is 13.6 Å². The Morgan fingerprint density at radius 1 is 1.24 bits per heavy atom. The Bertz CT molecular complexity index is 1170. The van der Waals surface area contributed by atoms with Crippen molar-refractivity contribution in [1.29, 1.82) is 0 Å². The molecular weight excluding hydrogens is 358 g/mol. The molecule has 0 radical (unpaired) electrons. The first kappa shape index (κ1) is 16.1. The van der Waals surface area contributed by atoms with E-state index in [-0.39, 0.29) is 0 Å². The normalized spacial score (nSPS) is 11.6. The van der Waals surface area contributed by atoms with Gasteiger partial charge in [-0.1, -0.05) is 19.1 Å². The van der Waals surface area contributed by atoms with E-state index in [4.69, 9.17) is 0 Å². The highest BCUT2D eigenvalue weighted by Gasteiger charge is 2.18. The van der Waals surface area contributed by atoms with E-state index in [1.807, 2.05) is 35.8 Å². The summed E-state index contributed by atoms with van der Waals surface area (Å²) in [5.41, 5.74) is 0.891. The summed E-state index contributed by atoms with van der Waals surface area (Å²) in [4.78, 5) is 35.7. The van der Waals surface area contributed by atoms with Crippen molar-refractivity contribution in [3.63, 3.8) is 0 Å². The quantitative estimate of drug-likeness (QED) is 0.594. The van der Waals surface area contributed by atoms with Crippen molar-refractivity contribution in [2.24, 2.45) is 7.05 Å². The van der Waals surface area contributed by atoms with E-state index in [2.05, 4.69) is 15.0 Å². The minimum Gasteiger partial charge on any atom is -0.313 e. The van der Waals surface area contributed by atoms with E-state index >= 15 is 0 Å². The smallest absolute Gasteiger partial charge is 0.313 e. The lowest BCUT2D eigenvalue weighted by Crippen LogP contribution is -2.29. The minimum atomic E-state index is -0.463. The van der Waals surface area contributed by atoms with Crippen molar-refractivity contribution >= 4 is 44.5 Å². The molecular formula is C16H15N5O2S2. The first-order valence-corrected chi connectivity index (χ1v) is 9.44. The van der Waals surface area contributed by atoms with Gasteiger partial charge in [-0.3, -0.25) is 14.3 Å². The zero-order valence-electron chi connectivity index (χ0n) is 13.6. The number of imidazole rings is 1. The fourth-order valence-corrected chi connectivity index (χ4v) is 4.78. The second-order valence-electron chi connectivity index (χ2n) is 5.59. The summed E-state index contributed by atoms with van der Waals surface area (Å²) in [5.74, 6) is 0. The average Bonchev–Trinajstić information content (AvgIpc) is 3.15. The monoisotopic (exact) mass is 373 g/mol. The lowest BCUT2D eigenvalue weighted by Gasteiger charge is -2.05. The van der Waals surface area contributed by atoms with Crippen LogP contribution in [0.5, 0.6) is 0 Å². The predicted octanol–water partition coefficient (Wildman–Crippen LogP) is 2.59. The molecule has 7 nitrogen and oxygen atoms in total. The molecule has 0 amide bonds. The number of aromatic amines is 1. The van der Waals surface area contributed by atoms with Crippen LogP contribution in [0.2, 0.25) is 0 Å². The van der Waals surface area contributed by atoms with Crippen molar-refractivity contribution in [3.8, 4) is 0 Å². The van der Waals surface area contributed by atoms with Gasteiger partial charge >= 0.3 is 5.69 Å². The third kappa shape index (κ3) is 2.69.